The number of rotatable bonds is 1. The number of oxazole rings is 1. The number of nitrogens with zero attached hydrogens (tertiary/aromatic N) is 2. The van der Waals surface area contributed by atoms with Crippen molar-refractivity contribution in [3.05, 3.63) is 24.1 Å². The van der Waals surface area contributed by atoms with Gasteiger partial charge >= 0.3 is 6.03 Å². The Kier molecular flexibility index (Phi) is 2.52. The molecule has 0 spiro atoms. The van der Waals surface area contributed by atoms with E-state index in [-0.39, 0.29) is 6.03 Å². The minimum atomic E-state index is -0.167. The number of carbonyl (C=O) groups excluding carboxylic acids is 1. The molecule has 0 saturated carbocycles. The Labute approximate surface area is 93.1 Å². The molecule has 84 valence electrons. The largest absolute Gasteiger partial charge is 0.441 e. The third-order valence-corrected chi connectivity index (χ3v) is 2.15. The van der Waals surface area contributed by atoms with Gasteiger partial charge in [-0.3, -0.25) is 0 Å². The molecule has 1 heterocycles. The van der Waals surface area contributed by atoms with Gasteiger partial charge in [-0.25, -0.2) is 9.78 Å². The summed E-state index contributed by atoms with van der Waals surface area (Å²) in [5.41, 5.74) is 2.17. The Bertz CT molecular complexity index is 531. The molecule has 1 aromatic heterocycles. The number of carbonyl (C=O) groups is 1. The average molecular weight is 219 g/mol. The highest BCUT2D eigenvalue weighted by atomic mass is 16.3. The van der Waals surface area contributed by atoms with E-state index in [1.807, 2.05) is 0 Å². The molecule has 16 heavy (non-hydrogen) atoms. The Balaban J connectivity index is 2.29. The minimum Gasteiger partial charge on any atom is -0.441 e. The van der Waals surface area contributed by atoms with Crippen LogP contribution in [-0.4, -0.2) is 30.0 Å². The third-order valence-electron chi connectivity index (χ3n) is 2.15. The summed E-state index contributed by atoms with van der Waals surface area (Å²) in [7, 11) is 3.38. The predicted octanol–water partition coefficient (Wildman–Crippen LogP) is 2.23. The van der Waals surface area contributed by atoms with E-state index < -0.39 is 0 Å². The fourth-order valence-corrected chi connectivity index (χ4v) is 1.36. The number of benzene rings is 1. The molecular weight excluding hydrogens is 206 g/mol. The standard InChI is InChI=1S/C11H13N3O2/c1-7-12-9-6-8(4-5-10(9)16-7)13-11(15)14(2)3/h4-6H,1-3H3,(H,13,15). The van der Waals surface area contributed by atoms with E-state index in [0.29, 0.717) is 11.6 Å². The van der Waals surface area contributed by atoms with Gasteiger partial charge in [0.05, 0.1) is 0 Å². The van der Waals surface area contributed by atoms with Gasteiger partial charge in [-0.2, -0.15) is 0 Å². The number of hydrogen-bond acceptors (Lipinski definition) is 3. The molecule has 2 rings (SSSR count). The lowest BCUT2D eigenvalue weighted by Gasteiger charge is -2.11. The van der Waals surface area contributed by atoms with Crippen molar-refractivity contribution in [2.75, 3.05) is 19.4 Å². The fourth-order valence-electron chi connectivity index (χ4n) is 1.36. The smallest absolute Gasteiger partial charge is 0.321 e. The summed E-state index contributed by atoms with van der Waals surface area (Å²) in [4.78, 5) is 17.1. The number of urea groups is 1. The molecule has 0 bridgehead atoms. The fraction of sp³-hybridized carbons (Fsp3) is 0.273. The first-order valence-electron chi connectivity index (χ1n) is 4.92. The molecule has 2 aromatic rings. The summed E-state index contributed by atoms with van der Waals surface area (Å²) in [6, 6.07) is 5.20. The van der Waals surface area contributed by atoms with E-state index in [9.17, 15) is 4.79 Å². The zero-order chi connectivity index (χ0) is 11.7. The molecule has 0 unspecified atom stereocenters. The van der Waals surface area contributed by atoms with E-state index in [0.717, 1.165) is 11.1 Å². The van der Waals surface area contributed by atoms with E-state index >= 15 is 0 Å². The number of hydrogen-bond donors (Lipinski definition) is 1. The van der Waals surface area contributed by atoms with Crippen LogP contribution in [0.2, 0.25) is 0 Å². The Hall–Kier alpha value is -2.04. The minimum absolute atomic E-state index is 0.167. The van der Waals surface area contributed by atoms with Crippen LogP contribution in [0.1, 0.15) is 5.89 Å². The number of aromatic nitrogens is 1. The average Bonchev–Trinajstić information content (AvgIpc) is 2.57. The Morgan fingerprint density at radius 1 is 1.44 bits per heavy atom. The van der Waals surface area contributed by atoms with Crippen LogP contribution in [0.15, 0.2) is 22.6 Å². The highest BCUT2D eigenvalue weighted by molar-refractivity contribution is 5.91. The van der Waals surface area contributed by atoms with Gasteiger partial charge in [-0.1, -0.05) is 0 Å². The van der Waals surface area contributed by atoms with E-state index in [2.05, 4.69) is 10.3 Å². The van der Waals surface area contributed by atoms with Gasteiger partial charge in [0.25, 0.3) is 0 Å². The zero-order valence-electron chi connectivity index (χ0n) is 9.44. The van der Waals surface area contributed by atoms with E-state index in [1.165, 1.54) is 4.90 Å². The summed E-state index contributed by atoms with van der Waals surface area (Å²) >= 11 is 0. The SMILES string of the molecule is Cc1nc2cc(NC(=O)N(C)C)ccc2o1. The molecule has 0 atom stereocenters. The van der Waals surface area contributed by atoms with Gasteiger partial charge in [0, 0.05) is 26.7 Å². The molecule has 0 aliphatic heterocycles. The molecule has 1 aromatic carbocycles. The lowest BCUT2D eigenvalue weighted by molar-refractivity contribution is 0.230. The van der Waals surface area contributed by atoms with Crippen molar-refractivity contribution in [3.8, 4) is 0 Å². The van der Waals surface area contributed by atoms with Crippen LogP contribution < -0.4 is 5.32 Å². The number of aryl methyl sites for hydroxylation is 1. The molecule has 0 aliphatic rings. The van der Waals surface area contributed by atoms with Gasteiger partial charge in [0.1, 0.15) is 5.52 Å². The lowest BCUT2D eigenvalue weighted by Crippen LogP contribution is -2.27. The van der Waals surface area contributed by atoms with Crippen LogP contribution >= 0.6 is 0 Å². The second-order valence-corrected chi connectivity index (χ2v) is 3.74. The van der Waals surface area contributed by atoms with Crippen molar-refractivity contribution in [1.29, 1.82) is 0 Å². The molecule has 0 aliphatic carbocycles. The highest BCUT2D eigenvalue weighted by Gasteiger charge is 2.06. The van der Waals surface area contributed by atoms with Crippen molar-refractivity contribution < 1.29 is 9.21 Å². The van der Waals surface area contributed by atoms with E-state index in [1.54, 1.807) is 39.2 Å². The summed E-state index contributed by atoms with van der Waals surface area (Å²) in [5.74, 6) is 0.617. The van der Waals surface area contributed by atoms with E-state index in [4.69, 9.17) is 4.42 Å². The van der Waals surface area contributed by atoms with Crippen LogP contribution in [0.5, 0.6) is 0 Å². The van der Waals surface area contributed by atoms with Crippen LogP contribution in [0.4, 0.5) is 10.5 Å². The van der Waals surface area contributed by atoms with Crippen LogP contribution in [0, 0.1) is 6.92 Å². The van der Waals surface area contributed by atoms with Crippen LogP contribution in [-0.2, 0) is 0 Å². The second kappa shape index (κ2) is 3.84. The summed E-state index contributed by atoms with van der Waals surface area (Å²) in [6.07, 6.45) is 0. The Morgan fingerprint density at radius 3 is 2.88 bits per heavy atom. The number of amides is 2. The monoisotopic (exact) mass is 219 g/mol. The maximum atomic E-state index is 11.4. The second-order valence-electron chi connectivity index (χ2n) is 3.74. The van der Waals surface area contributed by atoms with Crippen molar-refractivity contribution >= 4 is 22.8 Å². The molecule has 0 fully saturated rings. The number of anilines is 1. The summed E-state index contributed by atoms with van der Waals surface area (Å²) < 4.78 is 5.34. The normalized spacial score (nSPS) is 10.4. The van der Waals surface area contributed by atoms with Crippen LogP contribution in [0.25, 0.3) is 11.1 Å². The van der Waals surface area contributed by atoms with Gasteiger partial charge < -0.3 is 14.6 Å². The maximum absolute atomic E-state index is 11.4. The van der Waals surface area contributed by atoms with Gasteiger partial charge in [0.15, 0.2) is 11.5 Å². The molecule has 2 amide bonds. The van der Waals surface area contributed by atoms with Gasteiger partial charge in [-0.15, -0.1) is 0 Å². The summed E-state index contributed by atoms with van der Waals surface area (Å²) in [6.45, 7) is 1.79. The number of fused-ring (bicyclic) bond motifs is 1. The number of nitrogens with one attached hydrogen (secondary N) is 1. The molecule has 1 N–H and O–H groups in total. The van der Waals surface area contributed by atoms with Crippen molar-refractivity contribution in [2.45, 2.75) is 6.92 Å². The molecule has 5 heteroatoms. The van der Waals surface area contributed by atoms with Gasteiger partial charge in [-0.05, 0) is 18.2 Å². The van der Waals surface area contributed by atoms with Gasteiger partial charge in [0.2, 0.25) is 0 Å². The molecule has 0 radical (unpaired) electrons. The molecule has 5 nitrogen and oxygen atoms in total. The first-order chi connectivity index (χ1) is 7.56. The highest BCUT2D eigenvalue weighted by Crippen LogP contribution is 2.19. The third kappa shape index (κ3) is 1.98. The van der Waals surface area contributed by atoms with Crippen LogP contribution in [0.3, 0.4) is 0 Å². The van der Waals surface area contributed by atoms with Crippen molar-refractivity contribution in [3.63, 3.8) is 0 Å². The Morgan fingerprint density at radius 2 is 2.19 bits per heavy atom. The first kappa shape index (κ1) is 10.5. The zero-order valence-corrected chi connectivity index (χ0v) is 9.44. The quantitative estimate of drug-likeness (QED) is 0.800. The predicted molar refractivity (Wildman–Crippen MR) is 61.5 cm³/mol. The summed E-state index contributed by atoms with van der Waals surface area (Å²) in [5, 5.41) is 2.75. The lowest BCUT2D eigenvalue weighted by atomic mass is 10.3. The molecule has 0 saturated heterocycles. The molecular formula is C11H13N3O2. The van der Waals surface area contributed by atoms with Crippen molar-refractivity contribution in [1.82, 2.24) is 9.88 Å². The van der Waals surface area contributed by atoms with Crippen molar-refractivity contribution in [2.24, 2.45) is 0 Å². The topological polar surface area (TPSA) is 58.4 Å². The maximum Gasteiger partial charge on any atom is 0.321 e. The first-order valence-corrected chi connectivity index (χ1v) is 4.92.